The van der Waals surface area contributed by atoms with Crippen molar-refractivity contribution in [2.75, 3.05) is 13.2 Å². The SMILES string of the molecule is CC(C)CCOc1ccccc1CCN.Cl. The largest absolute Gasteiger partial charge is 0.493 e. The Morgan fingerprint density at radius 1 is 1.25 bits per heavy atom. The molecule has 0 atom stereocenters. The molecule has 1 aromatic rings. The molecule has 0 fully saturated rings. The Balaban J connectivity index is 0.00000225. The lowest BCUT2D eigenvalue weighted by Gasteiger charge is -2.11. The fraction of sp³-hybridized carbons (Fsp3) is 0.538. The Hall–Kier alpha value is -0.730. The molecule has 0 aliphatic heterocycles. The van der Waals surface area contributed by atoms with Gasteiger partial charge in [0.25, 0.3) is 0 Å². The second-order valence-electron chi connectivity index (χ2n) is 4.18. The lowest BCUT2D eigenvalue weighted by atomic mass is 10.1. The summed E-state index contributed by atoms with van der Waals surface area (Å²) in [4.78, 5) is 0. The van der Waals surface area contributed by atoms with Gasteiger partial charge in [-0.1, -0.05) is 32.0 Å². The minimum Gasteiger partial charge on any atom is -0.493 e. The van der Waals surface area contributed by atoms with E-state index >= 15 is 0 Å². The van der Waals surface area contributed by atoms with E-state index in [1.165, 1.54) is 5.56 Å². The molecule has 0 bridgehead atoms. The van der Waals surface area contributed by atoms with Gasteiger partial charge in [-0.2, -0.15) is 0 Å². The number of halogens is 1. The molecule has 2 nitrogen and oxygen atoms in total. The maximum absolute atomic E-state index is 5.74. The van der Waals surface area contributed by atoms with Crippen LogP contribution in [-0.2, 0) is 6.42 Å². The highest BCUT2D eigenvalue weighted by Gasteiger charge is 2.02. The second kappa shape index (κ2) is 8.43. The van der Waals surface area contributed by atoms with Gasteiger partial charge in [0.1, 0.15) is 5.75 Å². The van der Waals surface area contributed by atoms with E-state index in [9.17, 15) is 0 Å². The van der Waals surface area contributed by atoms with Crippen molar-refractivity contribution in [2.45, 2.75) is 26.7 Å². The van der Waals surface area contributed by atoms with E-state index in [2.05, 4.69) is 19.9 Å². The van der Waals surface area contributed by atoms with Crippen LogP contribution in [0.3, 0.4) is 0 Å². The van der Waals surface area contributed by atoms with Crippen molar-refractivity contribution in [1.82, 2.24) is 0 Å². The van der Waals surface area contributed by atoms with Crippen LogP contribution in [0.1, 0.15) is 25.8 Å². The van der Waals surface area contributed by atoms with Crippen molar-refractivity contribution < 1.29 is 4.74 Å². The summed E-state index contributed by atoms with van der Waals surface area (Å²) in [5.74, 6) is 1.68. The molecule has 0 spiro atoms. The maximum Gasteiger partial charge on any atom is 0.122 e. The molecule has 0 unspecified atom stereocenters. The predicted octanol–water partition coefficient (Wildman–Crippen LogP) is 3.03. The molecular formula is C13H22ClNO. The molecule has 0 saturated carbocycles. The molecule has 1 aromatic carbocycles. The van der Waals surface area contributed by atoms with Gasteiger partial charge in [-0.15, -0.1) is 12.4 Å². The molecule has 1 rings (SSSR count). The minimum atomic E-state index is 0. The van der Waals surface area contributed by atoms with Crippen molar-refractivity contribution >= 4 is 12.4 Å². The zero-order valence-corrected chi connectivity index (χ0v) is 10.9. The maximum atomic E-state index is 5.74. The van der Waals surface area contributed by atoms with Crippen LogP contribution in [0.5, 0.6) is 5.75 Å². The Kier molecular flexibility index (Phi) is 8.04. The van der Waals surface area contributed by atoms with Crippen LogP contribution < -0.4 is 10.5 Å². The van der Waals surface area contributed by atoms with Gasteiger partial charge in [-0.25, -0.2) is 0 Å². The van der Waals surface area contributed by atoms with Crippen LogP contribution in [-0.4, -0.2) is 13.2 Å². The van der Waals surface area contributed by atoms with Crippen LogP contribution in [0.15, 0.2) is 24.3 Å². The van der Waals surface area contributed by atoms with Gasteiger partial charge >= 0.3 is 0 Å². The van der Waals surface area contributed by atoms with Crippen molar-refractivity contribution in [3.63, 3.8) is 0 Å². The molecule has 0 amide bonds. The van der Waals surface area contributed by atoms with Gasteiger partial charge in [0.15, 0.2) is 0 Å². The number of para-hydroxylation sites is 1. The van der Waals surface area contributed by atoms with E-state index in [-0.39, 0.29) is 12.4 Å². The number of hydrogen-bond acceptors (Lipinski definition) is 2. The molecule has 0 aromatic heterocycles. The van der Waals surface area contributed by atoms with Crippen molar-refractivity contribution in [1.29, 1.82) is 0 Å². The normalized spacial score (nSPS) is 10.0. The topological polar surface area (TPSA) is 35.2 Å². The number of benzene rings is 1. The highest BCUT2D eigenvalue weighted by Crippen LogP contribution is 2.18. The number of nitrogens with two attached hydrogens (primary N) is 1. The first-order chi connectivity index (χ1) is 7.24. The third-order valence-corrected chi connectivity index (χ3v) is 2.34. The van der Waals surface area contributed by atoms with Crippen LogP contribution in [0.4, 0.5) is 0 Å². The van der Waals surface area contributed by atoms with Gasteiger partial charge in [-0.05, 0) is 36.9 Å². The fourth-order valence-corrected chi connectivity index (χ4v) is 1.41. The Bertz CT molecular complexity index is 289. The molecule has 0 heterocycles. The molecule has 2 N–H and O–H groups in total. The highest BCUT2D eigenvalue weighted by molar-refractivity contribution is 5.85. The highest BCUT2D eigenvalue weighted by atomic mass is 35.5. The predicted molar refractivity (Wildman–Crippen MR) is 71.4 cm³/mol. The smallest absolute Gasteiger partial charge is 0.122 e. The zero-order valence-electron chi connectivity index (χ0n) is 10.1. The van der Waals surface area contributed by atoms with Gasteiger partial charge in [0.2, 0.25) is 0 Å². The zero-order chi connectivity index (χ0) is 11.1. The summed E-state index contributed by atoms with van der Waals surface area (Å²) in [6, 6.07) is 8.13. The van der Waals surface area contributed by atoms with Crippen LogP contribution >= 0.6 is 12.4 Å². The van der Waals surface area contributed by atoms with Crippen LogP contribution in [0, 0.1) is 5.92 Å². The van der Waals surface area contributed by atoms with Gasteiger partial charge in [-0.3, -0.25) is 0 Å². The van der Waals surface area contributed by atoms with Crippen molar-refractivity contribution in [3.05, 3.63) is 29.8 Å². The molecule has 3 heteroatoms. The van der Waals surface area contributed by atoms with E-state index in [0.29, 0.717) is 12.5 Å². The van der Waals surface area contributed by atoms with Crippen LogP contribution in [0.2, 0.25) is 0 Å². The summed E-state index contributed by atoms with van der Waals surface area (Å²) in [5, 5.41) is 0. The second-order valence-corrected chi connectivity index (χ2v) is 4.18. The molecule has 0 aliphatic carbocycles. The fourth-order valence-electron chi connectivity index (χ4n) is 1.41. The third-order valence-electron chi connectivity index (χ3n) is 2.34. The molecule has 0 saturated heterocycles. The third kappa shape index (κ3) is 5.38. The van der Waals surface area contributed by atoms with E-state index in [1.807, 2.05) is 18.2 Å². The summed E-state index contributed by atoms with van der Waals surface area (Å²) in [6.07, 6.45) is 1.98. The van der Waals surface area contributed by atoms with E-state index < -0.39 is 0 Å². The molecule has 92 valence electrons. The minimum absolute atomic E-state index is 0. The lowest BCUT2D eigenvalue weighted by molar-refractivity contribution is 0.287. The van der Waals surface area contributed by atoms with Gasteiger partial charge in [0, 0.05) is 0 Å². The number of hydrogen-bond donors (Lipinski definition) is 1. The summed E-state index contributed by atoms with van der Waals surface area (Å²) in [5.41, 5.74) is 6.76. The standard InChI is InChI=1S/C13H21NO.ClH/c1-11(2)8-10-15-13-6-4-3-5-12(13)7-9-14;/h3-6,11H,7-10,14H2,1-2H3;1H. The van der Waals surface area contributed by atoms with E-state index in [4.69, 9.17) is 10.5 Å². The number of ether oxygens (including phenoxy) is 1. The molecule has 16 heavy (non-hydrogen) atoms. The van der Waals surface area contributed by atoms with Gasteiger partial charge < -0.3 is 10.5 Å². The first kappa shape index (κ1) is 15.3. The average molecular weight is 244 g/mol. The summed E-state index contributed by atoms with van der Waals surface area (Å²) in [6.45, 7) is 5.87. The van der Waals surface area contributed by atoms with Crippen LogP contribution in [0.25, 0.3) is 0 Å². The Morgan fingerprint density at radius 3 is 2.56 bits per heavy atom. The summed E-state index contributed by atoms with van der Waals surface area (Å²) >= 11 is 0. The quantitative estimate of drug-likeness (QED) is 0.834. The first-order valence-corrected chi connectivity index (χ1v) is 5.64. The molecular weight excluding hydrogens is 222 g/mol. The molecule has 0 radical (unpaired) electrons. The molecule has 0 aliphatic rings. The van der Waals surface area contributed by atoms with Gasteiger partial charge in [0.05, 0.1) is 6.61 Å². The Morgan fingerprint density at radius 2 is 1.94 bits per heavy atom. The average Bonchev–Trinajstić information content (AvgIpc) is 2.20. The monoisotopic (exact) mass is 243 g/mol. The van der Waals surface area contributed by atoms with E-state index in [1.54, 1.807) is 0 Å². The van der Waals surface area contributed by atoms with E-state index in [0.717, 1.165) is 25.2 Å². The summed E-state index contributed by atoms with van der Waals surface area (Å²) in [7, 11) is 0. The Labute approximate surface area is 105 Å². The van der Waals surface area contributed by atoms with Crippen molar-refractivity contribution in [3.8, 4) is 5.75 Å². The first-order valence-electron chi connectivity index (χ1n) is 5.64. The number of rotatable bonds is 6. The lowest BCUT2D eigenvalue weighted by Crippen LogP contribution is -2.07. The van der Waals surface area contributed by atoms with Crippen molar-refractivity contribution in [2.24, 2.45) is 11.7 Å². The summed E-state index contributed by atoms with van der Waals surface area (Å²) < 4.78 is 5.74.